The van der Waals surface area contributed by atoms with E-state index in [-0.39, 0.29) is 6.10 Å². The molecule has 2 heterocycles. The molecular formula is C17H18BrNOS. The molecule has 1 unspecified atom stereocenters. The third-order valence-corrected chi connectivity index (χ3v) is 5.96. The summed E-state index contributed by atoms with van der Waals surface area (Å²) in [5, 5.41) is 3.56. The summed E-state index contributed by atoms with van der Waals surface area (Å²) in [4.78, 5) is 3.08. The molecule has 1 aliphatic carbocycles. The van der Waals surface area contributed by atoms with E-state index in [0.717, 1.165) is 29.7 Å². The average Bonchev–Trinajstić information content (AvgIpc) is 3.11. The molecule has 0 radical (unpaired) electrons. The van der Waals surface area contributed by atoms with E-state index in [0.29, 0.717) is 0 Å². The quantitative estimate of drug-likeness (QED) is 0.882. The lowest BCUT2D eigenvalue weighted by Gasteiger charge is -2.11. The topological polar surface area (TPSA) is 21.3 Å². The summed E-state index contributed by atoms with van der Waals surface area (Å²) in [5.41, 5.74) is 2.90. The summed E-state index contributed by atoms with van der Waals surface area (Å²) >= 11 is 5.50. The molecule has 2 aromatic rings. The average molecular weight is 364 g/mol. The van der Waals surface area contributed by atoms with Crippen molar-refractivity contribution in [3.63, 3.8) is 0 Å². The molecule has 0 amide bonds. The van der Waals surface area contributed by atoms with Crippen molar-refractivity contribution in [2.24, 2.45) is 0 Å². The summed E-state index contributed by atoms with van der Waals surface area (Å²) in [6, 6.07) is 8.66. The Labute approximate surface area is 137 Å². The maximum atomic E-state index is 5.98. The van der Waals surface area contributed by atoms with Crippen molar-refractivity contribution in [1.29, 1.82) is 0 Å². The lowest BCUT2D eigenvalue weighted by molar-refractivity contribution is 0.227. The number of hydrogen-bond acceptors (Lipinski definition) is 3. The minimum atomic E-state index is 0.265. The SMILES string of the molecule is Brc1ccc2c(c1)CC(CNCc1cc3c(s1)CCC3)O2. The third kappa shape index (κ3) is 2.89. The van der Waals surface area contributed by atoms with Gasteiger partial charge in [-0.3, -0.25) is 0 Å². The Bertz CT molecular complexity index is 645. The highest BCUT2D eigenvalue weighted by Gasteiger charge is 2.22. The summed E-state index contributed by atoms with van der Waals surface area (Å²) in [7, 11) is 0. The molecule has 2 nitrogen and oxygen atoms in total. The van der Waals surface area contributed by atoms with Crippen molar-refractivity contribution in [2.45, 2.75) is 38.3 Å². The molecule has 1 aromatic carbocycles. The molecule has 1 aliphatic heterocycles. The number of fused-ring (bicyclic) bond motifs is 2. The largest absolute Gasteiger partial charge is 0.488 e. The van der Waals surface area contributed by atoms with E-state index in [9.17, 15) is 0 Å². The fourth-order valence-corrected chi connectivity index (χ4v) is 4.88. The van der Waals surface area contributed by atoms with E-state index < -0.39 is 0 Å². The predicted molar refractivity (Wildman–Crippen MR) is 90.3 cm³/mol. The molecule has 1 atom stereocenters. The molecule has 1 N–H and O–H groups in total. The summed E-state index contributed by atoms with van der Waals surface area (Å²) in [6.07, 6.45) is 5.18. The summed E-state index contributed by atoms with van der Waals surface area (Å²) in [6.45, 7) is 1.88. The molecule has 0 saturated heterocycles. The van der Waals surface area contributed by atoms with Crippen LogP contribution in [0.2, 0.25) is 0 Å². The van der Waals surface area contributed by atoms with E-state index >= 15 is 0 Å². The molecule has 0 spiro atoms. The Morgan fingerprint density at radius 1 is 1.24 bits per heavy atom. The van der Waals surface area contributed by atoms with Crippen LogP contribution in [-0.2, 0) is 25.8 Å². The van der Waals surface area contributed by atoms with Gasteiger partial charge in [0, 0.05) is 33.7 Å². The van der Waals surface area contributed by atoms with Crippen molar-refractivity contribution in [1.82, 2.24) is 5.32 Å². The van der Waals surface area contributed by atoms with Crippen LogP contribution in [0.5, 0.6) is 5.75 Å². The highest BCUT2D eigenvalue weighted by molar-refractivity contribution is 9.10. The first-order valence-electron chi connectivity index (χ1n) is 7.54. The molecule has 1 aromatic heterocycles. The summed E-state index contributed by atoms with van der Waals surface area (Å²) in [5.74, 6) is 1.04. The van der Waals surface area contributed by atoms with Gasteiger partial charge in [0.2, 0.25) is 0 Å². The molecular weight excluding hydrogens is 346 g/mol. The first-order chi connectivity index (χ1) is 10.3. The van der Waals surface area contributed by atoms with E-state index in [4.69, 9.17) is 4.74 Å². The smallest absolute Gasteiger partial charge is 0.123 e. The molecule has 110 valence electrons. The van der Waals surface area contributed by atoms with Crippen molar-refractivity contribution < 1.29 is 4.74 Å². The molecule has 2 aliphatic rings. The second-order valence-electron chi connectivity index (χ2n) is 5.84. The lowest BCUT2D eigenvalue weighted by atomic mass is 10.1. The van der Waals surface area contributed by atoms with Gasteiger partial charge in [0.15, 0.2) is 0 Å². The Kier molecular flexibility index (Phi) is 3.78. The van der Waals surface area contributed by atoms with E-state index in [1.165, 1.54) is 29.7 Å². The fraction of sp³-hybridized carbons (Fsp3) is 0.412. The maximum Gasteiger partial charge on any atom is 0.123 e. The van der Waals surface area contributed by atoms with Crippen molar-refractivity contribution in [3.05, 3.63) is 49.6 Å². The standard InChI is InChI=1S/C17H18BrNOS/c18-13-4-5-16-12(6-13)7-14(20-16)9-19-10-15-8-11-2-1-3-17(11)21-15/h4-6,8,14,19H,1-3,7,9-10H2. The highest BCUT2D eigenvalue weighted by atomic mass is 79.9. The van der Waals surface area contributed by atoms with Crippen molar-refractivity contribution in [3.8, 4) is 5.75 Å². The zero-order valence-corrected chi connectivity index (χ0v) is 14.2. The first-order valence-corrected chi connectivity index (χ1v) is 9.15. The molecule has 0 fully saturated rings. The van der Waals surface area contributed by atoms with Gasteiger partial charge in [-0.25, -0.2) is 0 Å². The third-order valence-electron chi connectivity index (χ3n) is 4.23. The van der Waals surface area contributed by atoms with Gasteiger partial charge in [-0.2, -0.15) is 0 Å². The number of hydrogen-bond donors (Lipinski definition) is 1. The van der Waals surface area contributed by atoms with Gasteiger partial charge in [-0.05, 0) is 54.7 Å². The normalized spacial score (nSPS) is 19.4. The number of aryl methyl sites for hydroxylation is 2. The fourth-order valence-electron chi connectivity index (χ4n) is 3.24. The zero-order valence-electron chi connectivity index (χ0n) is 11.8. The van der Waals surface area contributed by atoms with Crippen molar-refractivity contribution >= 4 is 27.3 Å². The predicted octanol–water partition coefficient (Wildman–Crippen LogP) is 4.09. The van der Waals surface area contributed by atoms with Gasteiger partial charge in [-0.15, -0.1) is 11.3 Å². The summed E-state index contributed by atoms with van der Waals surface area (Å²) < 4.78 is 7.11. The van der Waals surface area contributed by atoms with Gasteiger partial charge >= 0.3 is 0 Å². The number of benzene rings is 1. The van der Waals surface area contributed by atoms with Crippen LogP contribution in [0.15, 0.2) is 28.7 Å². The van der Waals surface area contributed by atoms with Crippen LogP contribution in [0, 0.1) is 0 Å². The van der Waals surface area contributed by atoms with Crippen LogP contribution >= 0.6 is 27.3 Å². The zero-order chi connectivity index (χ0) is 14.2. The molecule has 0 saturated carbocycles. The number of nitrogens with one attached hydrogen (secondary N) is 1. The van der Waals surface area contributed by atoms with Gasteiger partial charge in [0.05, 0.1) is 0 Å². The lowest BCUT2D eigenvalue weighted by Crippen LogP contribution is -2.29. The van der Waals surface area contributed by atoms with E-state index in [1.807, 2.05) is 17.4 Å². The van der Waals surface area contributed by atoms with E-state index in [1.54, 1.807) is 10.4 Å². The monoisotopic (exact) mass is 363 g/mol. The van der Waals surface area contributed by atoms with Crippen LogP contribution in [0.3, 0.4) is 0 Å². The Balaban J connectivity index is 1.30. The molecule has 0 bridgehead atoms. The van der Waals surface area contributed by atoms with Crippen LogP contribution in [-0.4, -0.2) is 12.6 Å². The first kappa shape index (κ1) is 13.8. The Morgan fingerprint density at radius 3 is 3.10 bits per heavy atom. The second kappa shape index (κ2) is 5.75. The number of halogens is 1. The van der Waals surface area contributed by atoms with Crippen LogP contribution in [0.4, 0.5) is 0 Å². The second-order valence-corrected chi connectivity index (χ2v) is 7.98. The van der Waals surface area contributed by atoms with Gasteiger partial charge in [0.1, 0.15) is 11.9 Å². The van der Waals surface area contributed by atoms with E-state index in [2.05, 4.69) is 39.4 Å². The minimum Gasteiger partial charge on any atom is -0.488 e. The minimum absolute atomic E-state index is 0.265. The van der Waals surface area contributed by atoms with Crippen LogP contribution < -0.4 is 10.1 Å². The molecule has 4 heteroatoms. The van der Waals surface area contributed by atoms with Crippen molar-refractivity contribution in [2.75, 3.05) is 6.54 Å². The molecule has 4 rings (SSSR count). The van der Waals surface area contributed by atoms with Gasteiger partial charge in [0.25, 0.3) is 0 Å². The van der Waals surface area contributed by atoms with Gasteiger partial charge < -0.3 is 10.1 Å². The maximum absolute atomic E-state index is 5.98. The Hall–Kier alpha value is -0.840. The Morgan fingerprint density at radius 2 is 2.19 bits per heavy atom. The number of thiophene rings is 1. The van der Waals surface area contributed by atoms with Gasteiger partial charge in [-0.1, -0.05) is 15.9 Å². The van der Waals surface area contributed by atoms with Crippen LogP contribution in [0.25, 0.3) is 0 Å². The highest BCUT2D eigenvalue weighted by Crippen LogP contribution is 2.32. The number of rotatable bonds is 4. The number of ether oxygens (including phenoxy) is 1. The van der Waals surface area contributed by atoms with Crippen LogP contribution in [0.1, 0.15) is 27.3 Å². The molecule has 21 heavy (non-hydrogen) atoms.